The molecule has 0 unspecified atom stereocenters. The topological polar surface area (TPSA) is 33.0 Å². The molecule has 0 fully saturated rings. The van der Waals surface area contributed by atoms with Gasteiger partial charge in [0.1, 0.15) is 5.76 Å². The molecule has 1 aliphatic heterocycles. The molecule has 1 heterocycles. The van der Waals surface area contributed by atoms with Crippen molar-refractivity contribution in [3.63, 3.8) is 0 Å². The van der Waals surface area contributed by atoms with E-state index in [0.29, 0.717) is 32.8 Å². The molecule has 28 heavy (non-hydrogen) atoms. The van der Waals surface area contributed by atoms with Gasteiger partial charge in [-0.25, -0.2) is 0 Å². The molecule has 0 spiro atoms. The first kappa shape index (κ1) is 18.9. The lowest BCUT2D eigenvalue weighted by atomic mass is 9.82. The number of nitrogens with zero attached hydrogens (tertiary/aromatic N) is 1. The molecular formula is C23H14Cl3NO. The van der Waals surface area contributed by atoms with E-state index >= 15 is 0 Å². The molecule has 0 amide bonds. The van der Waals surface area contributed by atoms with Crippen molar-refractivity contribution < 1.29 is 4.74 Å². The fourth-order valence-corrected chi connectivity index (χ4v) is 3.83. The van der Waals surface area contributed by atoms with Crippen molar-refractivity contribution in [2.45, 2.75) is 12.0 Å². The van der Waals surface area contributed by atoms with E-state index in [-0.39, 0.29) is 0 Å². The summed E-state index contributed by atoms with van der Waals surface area (Å²) in [5.74, 6) is 0.559. The number of rotatable bonds is 3. The minimum absolute atomic E-state index is 0.407. The number of nitriles is 1. The summed E-state index contributed by atoms with van der Waals surface area (Å²) in [7, 11) is 0. The standard InChI is InChI=1S/C23H14Cl3NO/c24-19-7-1-15(2-8-19)22-16(14-27)13-23(28-22,17-3-9-20(25)10-4-17)18-5-11-21(26)12-6-18/h1-12H,13H2. The normalized spacial score (nSPS) is 15.2. The Hall–Kier alpha value is -2.44. The van der Waals surface area contributed by atoms with Gasteiger partial charge in [-0.05, 0) is 48.5 Å². The maximum absolute atomic E-state index is 9.81. The van der Waals surface area contributed by atoms with E-state index < -0.39 is 5.60 Å². The highest BCUT2D eigenvalue weighted by Gasteiger charge is 2.44. The van der Waals surface area contributed by atoms with Gasteiger partial charge < -0.3 is 4.74 Å². The highest BCUT2D eigenvalue weighted by molar-refractivity contribution is 6.31. The number of halogens is 3. The van der Waals surface area contributed by atoms with Crippen molar-refractivity contribution in [3.05, 3.63) is 110 Å². The fourth-order valence-electron chi connectivity index (χ4n) is 3.45. The summed E-state index contributed by atoms with van der Waals surface area (Å²) in [5, 5.41) is 11.7. The van der Waals surface area contributed by atoms with Gasteiger partial charge in [-0.1, -0.05) is 59.1 Å². The Kier molecular flexibility index (Phi) is 5.08. The maximum atomic E-state index is 9.81. The van der Waals surface area contributed by atoms with E-state index in [4.69, 9.17) is 39.5 Å². The summed E-state index contributed by atoms with van der Waals surface area (Å²) in [6, 6.07) is 24.6. The minimum Gasteiger partial charge on any atom is -0.476 e. The zero-order valence-corrected chi connectivity index (χ0v) is 16.9. The highest BCUT2D eigenvalue weighted by Crippen LogP contribution is 2.49. The van der Waals surface area contributed by atoms with E-state index in [9.17, 15) is 5.26 Å². The molecule has 5 heteroatoms. The van der Waals surface area contributed by atoms with Crippen molar-refractivity contribution >= 4 is 40.6 Å². The highest BCUT2D eigenvalue weighted by atomic mass is 35.5. The summed E-state index contributed by atoms with van der Waals surface area (Å²) in [6.45, 7) is 0. The van der Waals surface area contributed by atoms with Gasteiger partial charge in [-0.2, -0.15) is 5.26 Å². The van der Waals surface area contributed by atoms with Gasteiger partial charge in [0.25, 0.3) is 0 Å². The third-order valence-corrected chi connectivity index (χ3v) is 5.59. The first-order chi connectivity index (χ1) is 13.5. The lowest BCUT2D eigenvalue weighted by Gasteiger charge is -2.31. The summed E-state index contributed by atoms with van der Waals surface area (Å²) in [6.07, 6.45) is 0.407. The van der Waals surface area contributed by atoms with Crippen LogP contribution in [0.2, 0.25) is 15.1 Å². The van der Waals surface area contributed by atoms with E-state index in [1.807, 2.05) is 60.7 Å². The Labute approximate surface area is 178 Å². The second kappa shape index (κ2) is 7.53. The molecule has 0 N–H and O–H groups in total. The third-order valence-electron chi connectivity index (χ3n) is 4.84. The van der Waals surface area contributed by atoms with Crippen LogP contribution in [0.5, 0.6) is 0 Å². The fraction of sp³-hybridized carbons (Fsp3) is 0.0870. The molecule has 0 atom stereocenters. The lowest BCUT2D eigenvalue weighted by molar-refractivity contribution is 0.101. The van der Waals surface area contributed by atoms with E-state index in [2.05, 4.69) is 6.07 Å². The van der Waals surface area contributed by atoms with Crippen LogP contribution in [0.15, 0.2) is 78.4 Å². The Morgan fingerprint density at radius 2 is 1.14 bits per heavy atom. The van der Waals surface area contributed by atoms with Crippen LogP contribution in [0.3, 0.4) is 0 Å². The smallest absolute Gasteiger partial charge is 0.164 e. The average Bonchev–Trinajstić information content (AvgIpc) is 3.10. The molecule has 4 rings (SSSR count). The molecule has 0 aliphatic carbocycles. The SMILES string of the molecule is N#CC1=C(c2ccc(Cl)cc2)OC(c2ccc(Cl)cc2)(c2ccc(Cl)cc2)C1. The van der Waals surface area contributed by atoms with Crippen molar-refractivity contribution in [1.29, 1.82) is 5.26 Å². The first-order valence-electron chi connectivity index (χ1n) is 8.62. The summed E-state index contributed by atoms with van der Waals surface area (Å²) in [4.78, 5) is 0. The third kappa shape index (κ3) is 3.38. The molecule has 3 aromatic rings. The second-order valence-corrected chi connectivity index (χ2v) is 7.86. The molecule has 0 bridgehead atoms. The quantitative estimate of drug-likeness (QED) is 0.442. The van der Waals surface area contributed by atoms with Crippen LogP contribution in [0.4, 0.5) is 0 Å². The molecule has 0 aromatic heterocycles. The van der Waals surface area contributed by atoms with Crippen LogP contribution in [-0.2, 0) is 10.3 Å². The van der Waals surface area contributed by atoms with Gasteiger partial charge in [0.15, 0.2) is 5.60 Å². The number of hydrogen-bond donors (Lipinski definition) is 0. The first-order valence-corrected chi connectivity index (χ1v) is 9.75. The maximum Gasteiger partial charge on any atom is 0.164 e. The van der Waals surface area contributed by atoms with Gasteiger partial charge >= 0.3 is 0 Å². The lowest BCUT2D eigenvalue weighted by Crippen LogP contribution is -2.27. The van der Waals surface area contributed by atoms with Crippen LogP contribution < -0.4 is 0 Å². The Morgan fingerprint density at radius 1 is 0.714 bits per heavy atom. The molecule has 138 valence electrons. The predicted molar refractivity (Wildman–Crippen MR) is 113 cm³/mol. The zero-order valence-electron chi connectivity index (χ0n) is 14.6. The van der Waals surface area contributed by atoms with Crippen molar-refractivity contribution in [1.82, 2.24) is 0 Å². The Balaban J connectivity index is 1.86. The van der Waals surface area contributed by atoms with Crippen molar-refractivity contribution in [2.24, 2.45) is 0 Å². The van der Waals surface area contributed by atoms with Crippen LogP contribution >= 0.6 is 34.8 Å². The zero-order chi connectivity index (χ0) is 19.7. The summed E-state index contributed by atoms with van der Waals surface area (Å²) in [5.41, 5.74) is 2.37. The summed E-state index contributed by atoms with van der Waals surface area (Å²) < 4.78 is 6.56. The van der Waals surface area contributed by atoms with Gasteiger partial charge in [-0.3, -0.25) is 0 Å². The number of benzene rings is 3. The van der Waals surface area contributed by atoms with Crippen LogP contribution in [-0.4, -0.2) is 0 Å². The van der Waals surface area contributed by atoms with Gasteiger partial charge in [0, 0.05) is 38.2 Å². The van der Waals surface area contributed by atoms with Crippen LogP contribution in [0, 0.1) is 11.3 Å². The molecule has 0 saturated heterocycles. The molecule has 2 nitrogen and oxygen atoms in total. The molecule has 1 aliphatic rings. The second-order valence-electron chi connectivity index (χ2n) is 6.55. The van der Waals surface area contributed by atoms with Gasteiger partial charge in [0.05, 0.1) is 11.6 Å². The van der Waals surface area contributed by atoms with E-state index in [1.165, 1.54) is 0 Å². The average molecular weight is 427 g/mol. The Bertz CT molecular complexity index is 1030. The van der Waals surface area contributed by atoms with Gasteiger partial charge in [-0.15, -0.1) is 0 Å². The predicted octanol–water partition coefficient (Wildman–Crippen LogP) is 7.25. The van der Waals surface area contributed by atoms with Crippen LogP contribution in [0.25, 0.3) is 5.76 Å². The summed E-state index contributed by atoms with van der Waals surface area (Å²) >= 11 is 18.2. The minimum atomic E-state index is -0.838. The molecular weight excluding hydrogens is 413 g/mol. The molecule has 3 aromatic carbocycles. The monoisotopic (exact) mass is 425 g/mol. The largest absolute Gasteiger partial charge is 0.476 e. The van der Waals surface area contributed by atoms with Gasteiger partial charge in [0.2, 0.25) is 0 Å². The van der Waals surface area contributed by atoms with Crippen LogP contribution in [0.1, 0.15) is 23.1 Å². The van der Waals surface area contributed by atoms with E-state index in [1.54, 1.807) is 12.1 Å². The Morgan fingerprint density at radius 3 is 1.57 bits per heavy atom. The number of ether oxygens (including phenoxy) is 1. The van der Waals surface area contributed by atoms with Crippen molar-refractivity contribution in [3.8, 4) is 6.07 Å². The molecule has 0 saturated carbocycles. The van der Waals surface area contributed by atoms with Crippen molar-refractivity contribution in [2.75, 3.05) is 0 Å². The molecule has 0 radical (unpaired) electrons. The number of hydrogen-bond acceptors (Lipinski definition) is 2. The van der Waals surface area contributed by atoms with E-state index in [0.717, 1.165) is 16.7 Å².